The first-order valence-corrected chi connectivity index (χ1v) is 7.04. The van der Waals surface area contributed by atoms with Crippen LogP contribution in [0.15, 0.2) is 30.3 Å². The highest BCUT2D eigenvalue weighted by Gasteiger charge is 2.31. The van der Waals surface area contributed by atoms with Gasteiger partial charge >= 0.3 is 0 Å². The molecule has 1 aromatic rings. The molecular weight excluding hydrogens is 220 g/mol. The highest BCUT2D eigenvalue weighted by molar-refractivity contribution is 5.86. The van der Waals surface area contributed by atoms with E-state index in [4.69, 9.17) is 0 Å². The van der Waals surface area contributed by atoms with Crippen LogP contribution in [0, 0.1) is 5.41 Å². The summed E-state index contributed by atoms with van der Waals surface area (Å²) in [4.78, 5) is 12.5. The van der Waals surface area contributed by atoms with E-state index < -0.39 is 0 Å². The second-order valence-electron chi connectivity index (χ2n) is 6.13. The lowest BCUT2D eigenvalue weighted by Crippen LogP contribution is -2.26. The second-order valence-corrected chi connectivity index (χ2v) is 6.13. The van der Waals surface area contributed by atoms with E-state index >= 15 is 0 Å². The van der Waals surface area contributed by atoms with Crippen LogP contribution in [0.25, 0.3) is 0 Å². The number of unbranched alkanes of at least 4 members (excludes halogenated alkanes) is 2. The number of benzene rings is 1. The Bertz CT molecular complexity index is 359. The summed E-state index contributed by atoms with van der Waals surface area (Å²) in [7, 11) is 0. The van der Waals surface area contributed by atoms with Gasteiger partial charge in [0.2, 0.25) is 0 Å². The summed E-state index contributed by atoms with van der Waals surface area (Å²) in [6, 6.07) is 10.2. The van der Waals surface area contributed by atoms with Gasteiger partial charge in [0, 0.05) is 12.3 Å². The van der Waals surface area contributed by atoms with Crippen molar-refractivity contribution in [1.82, 2.24) is 0 Å². The number of Topliss-reactive ketones (excluding diaryl/α,β-unsaturated/α-hetero) is 1. The Balaban J connectivity index is 2.83. The largest absolute Gasteiger partial charge is 0.299 e. The molecule has 0 radical (unpaired) electrons. The molecule has 0 aromatic heterocycles. The molecule has 100 valence electrons. The molecular formula is C17H26O. The maximum absolute atomic E-state index is 12.5. The van der Waals surface area contributed by atoms with Crippen LogP contribution in [-0.4, -0.2) is 5.78 Å². The van der Waals surface area contributed by atoms with Gasteiger partial charge in [-0.3, -0.25) is 4.79 Å². The predicted molar refractivity (Wildman–Crippen MR) is 77.8 cm³/mol. The Labute approximate surface area is 112 Å². The van der Waals surface area contributed by atoms with Crippen LogP contribution >= 0.6 is 0 Å². The van der Waals surface area contributed by atoms with Crippen LogP contribution in [0.1, 0.15) is 64.9 Å². The number of carbonyl (C=O) groups excluding carboxylic acids is 1. The van der Waals surface area contributed by atoms with Crippen molar-refractivity contribution < 1.29 is 4.79 Å². The first kappa shape index (κ1) is 14.9. The van der Waals surface area contributed by atoms with Gasteiger partial charge in [0.1, 0.15) is 5.78 Å². The molecule has 0 N–H and O–H groups in total. The highest BCUT2D eigenvalue weighted by atomic mass is 16.1. The van der Waals surface area contributed by atoms with Crippen molar-refractivity contribution in [3.8, 4) is 0 Å². The minimum Gasteiger partial charge on any atom is -0.299 e. The summed E-state index contributed by atoms with van der Waals surface area (Å²) >= 11 is 0. The molecule has 0 aliphatic carbocycles. The average molecular weight is 246 g/mol. The summed E-state index contributed by atoms with van der Waals surface area (Å²) in [5.41, 5.74) is 1.15. The number of hydrogen-bond donors (Lipinski definition) is 0. The summed E-state index contributed by atoms with van der Waals surface area (Å²) < 4.78 is 0. The van der Waals surface area contributed by atoms with Crippen LogP contribution in [0.5, 0.6) is 0 Å². The van der Waals surface area contributed by atoms with Crippen LogP contribution in [0.2, 0.25) is 0 Å². The SMILES string of the molecule is CCCCCC(=O)C(c1ccccc1)C(C)(C)C. The van der Waals surface area contributed by atoms with Crippen LogP contribution in [0.4, 0.5) is 0 Å². The molecule has 0 spiro atoms. The Hall–Kier alpha value is -1.11. The van der Waals surface area contributed by atoms with Crippen LogP contribution < -0.4 is 0 Å². The zero-order chi connectivity index (χ0) is 13.6. The van der Waals surface area contributed by atoms with E-state index in [9.17, 15) is 4.79 Å². The van der Waals surface area contributed by atoms with E-state index in [0.29, 0.717) is 12.2 Å². The molecule has 0 heterocycles. The maximum Gasteiger partial charge on any atom is 0.140 e. The van der Waals surface area contributed by atoms with Crippen molar-refractivity contribution in [2.24, 2.45) is 5.41 Å². The molecule has 1 unspecified atom stereocenters. The van der Waals surface area contributed by atoms with Gasteiger partial charge < -0.3 is 0 Å². The summed E-state index contributed by atoms with van der Waals surface area (Å²) in [5.74, 6) is 0.415. The lowest BCUT2D eigenvalue weighted by atomic mass is 9.73. The fourth-order valence-corrected chi connectivity index (χ4v) is 2.51. The van der Waals surface area contributed by atoms with Crippen molar-refractivity contribution >= 4 is 5.78 Å². The molecule has 18 heavy (non-hydrogen) atoms. The molecule has 1 aromatic carbocycles. The number of hydrogen-bond acceptors (Lipinski definition) is 1. The van der Waals surface area contributed by atoms with Gasteiger partial charge in [-0.2, -0.15) is 0 Å². The fraction of sp³-hybridized carbons (Fsp3) is 0.588. The molecule has 0 amide bonds. The lowest BCUT2D eigenvalue weighted by Gasteiger charge is -2.30. The molecule has 1 atom stereocenters. The van der Waals surface area contributed by atoms with Gasteiger partial charge in [0.25, 0.3) is 0 Å². The quantitative estimate of drug-likeness (QED) is 0.648. The van der Waals surface area contributed by atoms with E-state index in [0.717, 1.165) is 18.4 Å². The lowest BCUT2D eigenvalue weighted by molar-refractivity contribution is -0.122. The van der Waals surface area contributed by atoms with Crippen molar-refractivity contribution in [3.05, 3.63) is 35.9 Å². The normalized spacial score (nSPS) is 13.3. The van der Waals surface area contributed by atoms with Gasteiger partial charge in [-0.25, -0.2) is 0 Å². The zero-order valence-electron chi connectivity index (χ0n) is 12.2. The zero-order valence-corrected chi connectivity index (χ0v) is 12.2. The molecule has 1 nitrogen and oxygen atoms in total. The first-order valence-electron chi connectivity index (χ1n) is 7.04. The van der Waals surface area contributed by atoms with Gasteiger partial charge in [0.15, 0.2) is 0 Å². The fourth-order valence-electron chi connectivity index (χ4n) is 2.51. The average Bonchev–Trinajstić information content (AvgIpc) is 2.29. The third-order valence-electron chi connectivity index (χ3n) is 3.35. The Morgan fingerprint density at radius 2 is 1.72 bits per heavy atom. The topological polar surface area (TPSA) is 17.1 Å². The van der Waals surface area contributed by atoms with Gasteiger partial charge in [-0.15, -0.1) is 0 Å². The maximum atomic E-state index is 12.5. The molecule has 0 saturated carbocycles. The number of carbonyl (C=O) groups is 1. The molecule has 0 saturated heterocycles. The standard InChI is InChI=1S/C17H26O/c1-5-6-8-13-15(18)16(17(2,3)4)14-11-9-7-10-12-14/h7,9-12,16H,5-6,8,13H2,1-4H3. The third-order valence-corrected chi connectivity index (χ3v) is 3.35. The highest BCUT2D eigenvalue weighted by Crippen LogP contribution is 2.36. The number of ketones is 1. The Morgan fingerprint density at radius 1 is 1.11 bits per heavy atom. The van der Waals surface area contributed by atoms with Crippen molar-refractivity contribution in [1.29, 1.82) is 0 Å². The summed E-state index contributed by atoms with van der Waals surface area (Å²) in [6.07, 6.45) is 4.05. The predicted octanol–water partition coefficient (Wildman–Crippen LogP) is 4.97. The van der Waals surface area contributed by atoms with E-state index in [1.807, 2.05) is 18.2 Å². The Morgan fingerprint density at radius 3 is 2.22 bits per heavy atom. The Kier molecular flexibility index (Phi) is 5.58. The van der Waals surface area contributed by atoms with Crippen molar-refractivity contribution in [3.63, 3.8) is 0 Å². The van der Waals surface area contributed by atoms with E-state index in [-0.39, 0.29) is 11.3 Å². The van der Waals surface area contributed by atoms with Gasteiger partial charge in [-0.05, 0) is 17.4 Å². The number of rotatable bonds is 6. The van der Waals surface area contributed by atoms with E-state index in [1.54, 1.807) is 0 Å². The van der Waals surface area contributed by atoms with Crippen molar-refractivity contribution in [2.75, 3.05) is 0 Å². The van der Waals surface area contributed by atoms with Crippen LogP contribution in [-0.2, 0) is 4.79 Å². The summed E-state index contributed by atoms with van der Waals surface area (Å²) in [5, 5.41) is 0. The van der Waals surface area contributed by atoms with Crippen molar-refractivity contribution in [2.45, 2.75) is 59.3 Å². The molecule has 0 aliphatic heterocycles. The molecule has 0 fully saturated rings. The smallest absolute Gasteiger partial charge is 0.140 e. The minimum absolute atomic E-state index is 0.00927. The van der Waals surface area contributed by atoms with E-state index in [1.165, 1.54) is 6.42 Å². The van der Waals surface area contributed by atoms with Crippen LogP contribution in [0.3, 0.4) is 0 Å². The first-order chi connectivity index (χ1) is 8.46. The molecule has 1 heteroatoms. The molecule has 0 aliphatic rings. The second kappa shape index (κ2) is 6.72. The monoisotopic (exact) mass is 246 g/mol. The van der Waals surface area contributed by atoms with Gasteiger partial charge in [0.05, 0.1) is 0 Å². The van der Waals surface area contributed by atoms with Gasteiger partial charge in [-0.1, -0.05) is 70.9 Å². The minimum atomic E-state index is -0.00927. The molecule has 1 rings (SSSR count). The molecule has 0 bridgehead atoms. The third kappa shape index (κ3) is 4.29. The summed E-state index contributed by atoms with van der Waals surface area (Å²) in [6.45, 7) is 8.63. The van der Waals surface area contributed by atoms with E-state index in [2.05, 4.69) is 39.8 Å².